The Balaban J connectivity index is 1.36. The lowest BCUT2D eigenvalue weighted by atomic mass is 9.73. The molecule has 3 heterocycles. The largest absolute Gasteiger partial charge is 0.311 e. The van der Waals surface area contributed by atoms with Gasteiger partial charge < -0.3 is 4.90 Å². The Morgan fingerprint density at radius 3 is 2.65 bits per heavy atom. The molecule has 0 radical (unpaired) electrons. The first kappa shape index (κ1) is 16.1. The van der Waals surface area contributed by atoms with Crippen LogP contribution in [0, 0.1) is 5.92 Å². The molecule has 0 atom stereocenters. The van der Waals surface area contributed by atoms with Crippen molar-refractivity contribution in [3.63, 3.8) is 0 Å². The quantitative estimate of drug-likeness (QED) is 0.851. The lowest BCUT2D eigenvalue weighted by Crippen LogP contribution is -2.48. The fourth-order valence-corrected chi connectivity index (χ4v) is 4.72. The molecule has 0 unspecified atom stereocenters. The van der Waals surface area contributed by atoms with Gasteiger partial charge in [-0.3, -0.25) is 14.4 Å². The van der Waals surface area contributed by atoms with Gasteiger partial charge in [0.25, 0.3) is 0 Å². The van der Waals surface area contributed by atoms with Crippen molar-refractivity contribution in [3.8, 4) is 0 Å². The third-order valence-electron chi connectivity index (χ3n) is 6.38. The number of nitrogens with zero attached hydrogens (tertiary/aromatic N) is 4. The first-order chi connectivity index (χ1) is 12.7. The fraction of sp³-hybridized carbons (Fsp3) is 0.524. The van der Waals surface area contributed by atoms with Gasteiger partial charge in [-0.1, -0.05) is 18.2 Å². The molecule has 2 fully saturated rings. The summed E-state index contributed by atoms with van der Waals surface area (Å²) in [5, 5.41) is 4.27. The topological polar surface area (TPSA) is 41.4 Å². The van der Waals surface area contributed by atoms with Crippen LogP contribution < -0.4 is 4.90 Å². The van der Waals surface area contributed by atoms with Crippen LogP contribution in [0.2, 0.25) is 0 Å². The van der Waals surface area contributed by atoms with Crippen LogP contribution in [0.15, 0.2) is 36.7 Å². The molecule has 5 nitrogen and oxygen atoms in total. The van der Waals surface area contributed by atoms with Crippen molar-refractivity contribution in [2.24, 2.45) is 13.0 Å². The third kappa shape index (κ3) is 2.57. The van der Waals surface area contributed by atoms with Crippen LogP contribution in [0.3, 0.4) is 0 Å². The Hall–Kier alpha value is -2.14. The standard InChI is InChI=1S/C21H26N4O/c1-23-13-17(12-22-23)14-24-10-8-21(9-11-24)18-4-2-3-5-19(18)25(20(21)26)15-16-6-7-16/h2-5,12-13,16H,6-11,14-15H2,1H3. The molecular weight excluding hydrogens is 324 g/mol. The molecule has 1 aliphatic carbocycles. The fourth-order valence-electron chi connectivity index (χ4n) is 4.72. The van der Waals surface area contributed by atoms with Crippen molar-refractivity contribution in [2.75, 3.05) is 24.5 Å². The zero-order valence-corrected chi connectivity index (χ0v) is 15.4. The van der Waals surface area contributed by atoms with Crippen LogP contribution >= 0.6 is 0 Å². The lowest BCUT2D eigenvalue weighted by molar-refractivity contribution is -0.125. The highest BCUT2D eigenvalue weighted by Crippen LogP contribution is 2.49. The van der Waals surface area contributed by atoms with Gasteiger partial charge in [0.05, 0.1) is 11.6 Å². The smallest absolute Gasteiger partial charge is 0.237 e. The van der Waals surface area contributed by atoms with Crippen molar-refractivity contribution in [1.82, 2.24) is 14.7 Å². The minimum absolute atomic E-state index is 0.295. The van der Waals surface area contributed by atoms with E-state index in [1.54, 1.807) is 0 Å². The summed E-state index contributed by atoms with van der Waals surface area (Å²) in [5.41, 5.74) is 3.39. The number of aromatic nitrogens is 2. The maximum atomic E-state index is 13.5. The number of benzene rings is 1. The molecule has 5 heteroatoms. The van der Waals surface area contributed by atoms with Crippen molar-refractivity contribution < 1.29 is 4.79 Å². The van der Waals surface area contributed by atoms with E-state index in [2.05, 4.69) is 45.4 Å². The van der Waals surface area contributed by atoms with E-state index in [-0.39, 0.29) is 5.41 Å². The van der Waals surface area contributed by atoms with E-state index in [9.17, 15) is 4.79 Å². The van der Waals surface area contributed by atoms with Gasteiger partial charge in [-0.05, 0) is 56.3 Å². The Kier molecular flexibility index (Phi) is 3.67. The van der Waals surface area contributed by atoms with Crippen molar-refractivity contribution in [2.45, 2.75) is 37.6 Å². The van der Waals surface area contributed by atoms with Gasteiger partial charge >= 0.3 is 0 Å². The average molecular weight is 350 g/mol. The molecule has 2 aromatic rings. The minimum atomic E-state index is -0.295. The first-order valence-corrected chi connectivity index (χ1v) is 9.77. The van der Waals surface area contributed by atoms with Gasteiger partial charge in [-0.25, -0.2) is 0 Å². The second kappa shape index (κ2) is 5.95. The Morgan fingerprint density at radius 2 is 1.96 bits per heavy atom. The van der Waals surface area contributed by atoms with E-state index >= 15 is 0 Å². The number of likely N-dealkylation sites (tertiary alicyclic amines) is 1. The van der Waals surface area contributed by atoms with E-state index in [0.717, 1.165) is 39.0 Å². The van der Waals surface area contributed by atoms with Gasteiger partial charge in [-0.2, -0.15) is 5.10 Å². The van der Waals surface area contributed by atoms with E-state index in [1.807, 2.05) is 17.9 Å². The molecule has 2 aliphatic heterocycles. The number of fused-ring (bicyclic) bond motifs is 2. The first-order valence-electron chi connectivity index (χ1n) is 9.77. The average Bonchev–Trinajstić information content (AvgIpc) is 3.35. The van der Waals surface area contributed by atoms with E-state index in [1.165, 1.54) is 29.7 Å². The summed E-state index contributed by atoms with van der Waals surface area (Å²) >= 11 is 0. The lowest BCUT2D eigenvalue weighted by Gasteiger charge is -2.38. The molecule has 5 rings (SSSR count). The Morgan fingerprint density at radius 1 is 1.19 bits per heavy atom. The second-order valence-electron chi connectivity index (χ2n) is 8.26. The number of carbonyl (C=O) groups excluding carboxylic acids is 1. The number of anilines is 1. The van der Waals surface area contributed by atoms with Crippen molar-refractivity contribution >= 4 is 11.6 Å². The highest BCUT2D eigenvalue weighted by molar-refractivity contribution is 6.08. The summed E-state index contributed by atoms with van der Waals surface area (Å²) in [6.07, 6.45) is 8.42. The summed E-state index contributed by atoms with van der Waals surface area (Å²) in [6, 6.07) is 8.50. The maximum Gasteiger partial charge on any atom is 0.237 e. The minimum Gasteiger partial charge on any atom is -0.311 e. The summed E-state index contributed by atoms with van der Waals surface area (Å²) in [5.74, 6) is 1.07. The van der Waals surface area contributed by atoms with Crippen LogP contribution in [0.5, 0.6) is 0 Å². The molecule has 0 bridgehead atoms. The molecule has 3 aliphatic rings. The molecule has 1 saturated carbocycles. The van der Waals surface area contributed by atoms with Crippen molar-refractivity contribution in [1.29, 1.82) is 0 Å². The normalized spacial score (nSPS) is 22.2. The van der Waals surface area contributed by atoms with Gasteiger partial charge in [0.1, 0.15) is 0 Å². The van der Waals surface area contributed by atoms with E-state index in [4.69, 9.17) is 0 Å². The molecule has 1 amide bonds. The number of carbonyl (C=O) groups is 1. The van der Waals surface area contributed by atoms with E-state index < -0.39 is 0 Å². The predicted octanol–water partition coefficient (Wildman–Crippen LogP) is 2.71. The van der Waals surface area contributed by atoms with Crippen LogP contribution in [0.25, 0.3) is 0 Å². The number of para-hydroxylation sites is 1. The van der Waals surface area contributed by atoms with Crippen molar-refractivity contribution in [3.05, 3.63) is 47.8 Å². The summed E-state index contributed by atoms with van der Waals surface area (Å²) in [7, 11) is 1.96. The van der Waals surface area contributed by atoms with Gasteiger partial charge in [0, 0.05) is 37.6 Å². The van der Waals surface area contributed by atoms with Gasteiger partial charge in [0.15, 0.2) is 0 Å². The Labute approximate surface area is 154 Å². The zero-order valence-electron chi connectivity index (χ0n) is 15.4. The number of aryl methyl sites for hydroxylation is 1. The van der Waals surface area contributed by atoms with Crippen LogP contribution in [-0.4, -0.2) is 40.2 Å². The highest BCUT2D eigenvalue weighted by Gasteiger charge is 2.52. The van der Waals surface area contributed by atoms with Crippen LogP contribution in [-0.2, 0) is 23.8 Å². The Bertz CT molecular complexity index is 830. The number of amides is 1. The molecule has 1 spiro atoms. The molecule has 136 valence electrons. The molecule has 1 saturated heterocycles. The number of rotatable bonds is 4. The molecule has 1 aromatic heterocycles. The number of piperidine rings is 1. The highest BCUT2D eigenvalue weighted by atomic mass is 16.2. The van der Waals surface area contributed by atoms with Crippen LogP contribution in [0.1, 0.15) is 36.8 Å². The summed E-state index contributed by atoms with van der Waals surface area (Å²) in [4.78, 5) is 18.0. The SMILES string of the molecule is Cn1cc(CN2CCC3(CC2)C(=O)N(CC2CC2)c2ccccc23)cn1. The van der Waals surface area contributed by atoms with E-state index in [0.29, 0.717) is 11.8 Å². The molecular formula is C21H26N4O. The molecule has 1 aromatic carbocycles. The third-order valence-corrected chi connectivity index (χ3v) is 6.38. The monoisotopic (exact) mass is 350 g/mol. The maximum absolute atomic E-state index is 13.5. The van der Waals surface area contributed by atoms with Crippen LogP contribution in [0.4, 0.5) is 5.69 Å². The summed E-state index contributed by atoms with van der Waals surface area (Å²) < 4.78 is 1.85. The zero-order chi connectivity index (χ0) is 17.7. The molecule has 0 N–H and O–H groups in total. The number of hydrogen-bond donors (Lipinski definition) is 0. The van der Waals surface area contributed by atoms with Gasteiger partial charge in [0.2, 0.25) is 5.91 Å². The summed E-state index contributed by atoms with van der Waals surface area (Å²) in [6.45, 7) is 3.76. The second-order valence-corrected chi connectivity index (χ2v) is 8.26. The van der Waals surface area contributed by atoms with Gasteiger partial charge in [-0.15, -0.1) is 0 Å². The molecule has 26 heavy (non-hydrogen) atoms. The number of hydrogen-bond acceptors (Lipinski definition) is 3. The predicted molar refractivity (Wildman–Crippen MR) is 101 cm³/mol.